The first-order valence-corrected chi connectivity index (χ1v) is 10.1. The van der Waals surface area contributed by atoms with Gasteiger partial charge in [0.15, 0.2) is 0 Å². The van der Waals surface area contributed by atoms with Crippen LogP contribution in [0.3, 0.4) is 0 Å². The Labute approximate surface area is 173 Å². The summed E-state index contributed by atoms with van der Waals surface area (Å²) in [5.74, 6) is 1.000. The van der Waals surface area contributed by atoms with E-state index in [1.54, 1.807) is 4.90 Å². The van der Waals surface area contributed by atoms with Crippen molar-refractivity contribution in [3.8, 4) is 17.0 Å². The van der Waals surface area contributed by atoms with Crippen LogP contribution in [0.4, 0.5) is 0 Å². The summed E-state index contributed by atoms with van der Waals surface area (Å²) in [6.45, 7) is 3.48. The molecule has 1 aromatic heterocycles. The summed E-state index contributed by atoms with van der Waals surface area (Å²) in [6, 6.07) is 18.2. The van der Waals surface area contributed by atoms with Gasteiger partial charge in [0.2, 0.25) is 5.91 Å². The average molecular weight is 440 g/mol. The Morgan fingerprint density at radius 3 is 2.68 bits per heavy atom. The number of rotatable bonds is 5. The minimum absolute atomic E-state index is 0.172. The molecule has 2 aromatic carbocycles. The van der Waals surface area contributed by atoms with Crippen molar-refractivity contribution in [1.82, 2.24) is 14.8 Å². The third-order valence-corrected chi connectivity index (χ3v) is 5.51. The molecule has 0 radical (unpaired) electrons. The molecule has 6 heteroatoms. The average Bonchev–Trinajstić information content (AvgIpc) is 2.71. The maximum atomic E-state index is 11.7. The van der Waals surface area contributed by atoms with Crippen LogP contribution in [-0.4, -0.2) is 60.5 Å². The second-order valence-corrected chi connectivity index (χ2v) is 7.91. The monoisotopic (exact) mass is 439 g/mol. The van der Waals surface area contributed by atoms with Crippen LogP contribution in [0.1, 0.15) is 0 Å². The number of fused-ring (bicyclic) bond motifs is 1. The number of piperazine rings is 1. The number of pyridine rings is 1. The van der Waals surface area contributed by atoms with Crippen molar-refractivity contribution in [3.63, 3.8) is 0 Å². The lowest BCUT2D eigenvalue weighted by atomic mass is 10.1. The molecule has 0 unspecified atom stereocenters. The Morgan fingerprint density at radius 2 is 1.89 bits per heavy atom. The Morgan fingerprint density at radius 1 is 1.07 bits per heavy atom. The minimum atomic E-state index is 0.172. The van der Waals surface area contributed by atoms with E-state index in [2.05, 4.69) is 33.0 Å². The lowest BCUT2D eigenvalue weighted by Gasteiger charge is -2.31. The third-order valence-electron chi connectivity index (χ3n) is 5.01. The smallest absolute Gasteiger partial charge is 0.236 e. The quantitative estimate of drug-likeness (QED) is 0.606. The summed E-state index contributed by atoms with van der Waals surface area (Å²) >= 11 is 3.49. The predicted octanol–water partition coefficient (Wildman–Crippen LogP) is 3.82. The summed E-state index contributed by atoms with van der Waals surface area (Å²) in [5.41, 5.74) is 2.97. The maximum Gasteiger partial charge on any atom is 0.236 e. The Bertz CT molecular complexity index is 991. The molecule has 0 aliphatic carbocycles. The van der Waals surface area contributed by atoms with E-state index in [1.807, 2.05) is 49.5 Å². The molecular formula is C22H22BrN3O2. The van der Waals surface area contributed by atoms with Crippen molar-refractivity contribution in [2.75, 3.05) is 39.8 Å². The highest BCUT2D eigenvalue weighted by Crippen LogP contribution is 2.25. The third kappa shape index (κ3) is 4.34. The molecule has 1 saturated heterocycles. The summed E-state index contributed by atoms with van der Waals surface area (Å²) in [5, 5.41) is 1.11. The minimum Gasteiger partial charge on any atom is -0.492 e. The fraction of sp³-hybridized carbons (Fsp3) is 0.273. The number of nitrogens with zero attached hydrogens (tertiary/aromatic N) is 3. The second-order valence-electron chi connectivity index (χ2n) is 7.00. The number of carbonyl (C=O) groups excluding carboxylic acids is 1. The SMILES string of the molecule is CN1CCN(CCOc2ccc(-c3ccc4cc(Br)ccc4n3)cc2)CC1=O. The van der Waals surface area contributed by atoms with Crippen molar-refractivity contribution in [2.24, 2.45) is 0 Å². The molecule has 1 amide bonds. The maximum absolute atomic E-state index is 11.7. The van der Waals surface area contributed by atoms with Gasteiger partial charge in [0.05, 0.1) is 17.8 Å². The summed E-state index contributed by atoms with van der Waals surface area (Å²) < 4.78 is 6.91. The normalized spacial score (nSPS) is 15.2. The van der Waals surface area contributed by atoms with Crippen molar-refractivity contribution in [3.05, 3.63) is 59.1 Å². The number of ether oxygens (including phenoxy) is 1. The zero-order valence-electron chi connectivity index (χ0n) is 15.8. The standard InChI is InChI=1S/C22H22BrN3O2/c1-25-10-11-26(15-22(25)27)12-13-28-19-6-2-16(3-7-19)20-8-4-17-14-18(23)5-9-21(17)24-20/h2-9,14H,10-13,15H2,1H3. The van der Waals surface area contributed by atoms with Crippen LogP contribution in [0, 0.1) is 0 Å². The van der Waals surface area contributed by atoms with E-state index in [4.69, 9.17) is 9.72 Å². The van der Waals surface area contributed by atoms with Gasteiger partial charge in [-0.2, -0.15) is 0 Å². The van der Waals surface area contributed by atoms with E-state index in [0.29, 0.717) is 13.2 Å². The van der Waals surface area contributed by atoms with Crippen LogP contribution in [0.5, 0.6) is 5.75 Å². The molecule has 5 nitrogen and oxygen atoms in total. The molecule has 144 valence electrons. The van der Waals surface area contributed by atoms with Gasteiger partial charge < -0.3 is 9.64 Å². The first-order valence-electron chi connectivity index (χ1n) is 9.34. The van der Waals surface area contributed by atoms with E-state index in [1.165, 1.54) is 0 Å². The Balaban J connectivity index is 1.36. The van der Waals surface area contributed by atoms with E-state index < -0.39 is 0 Å². The van der Waals surface area contributed by atoms with Gasteiger partial charge in [-0.1, -0.05) is 22.0 Å². The molecule has 28 heavy (non-hydrogen) atoms. The van der Waals surface area contributed by atoms with Gasteiger partial charge in [0.1, 0.15) is 12.4 Å². The Hall–Kier alpha value is -2.44. The van der Waals surface area contributed by atoms with Crippen LogP contribution in [0.15, 0.2) is 59.1 Å². The van der Waals surface area contributed by atoms with Crippen LogP contribution in [0.2, 0.25) is 0 Å². The van der Waals surface area contributed by atoms with Gasteiger partial charge in [0.25, 0.3) is 0 Å². The summed E-state index contributed by atoms with van der Waals surface area (Å²) in [7, 11) is 1.85. The first-order chi connectivity index (χ1) is 13.6. The lowest BCUT2D eigenvalue weighted by molar-refractivity contribution is -0.134. The molecule has 0 spiro atoms. The molecule has 2 heterocycles. The van der Waals surface area contributed by atoms with Crippen molar-refractivity contribution in [2.45, 2.75) is 0 Å². The van der Waals surface area contributed by atoms with Gasteiger partial charge in [-0.3, -0.25) is 9.69 Å². The number of hydrogen-bond acceptors (Lipinski definition) is 4. The highest BCUT2D eigenvalue weighted by molar-refractivity contribution is 9.10. The van der Waals surface area contributed by atoms with E-state index in [-0.39, 0.29) is 5.91 Å². The highest BCUT2D eigenvalue weighted by atomic mass is 79.9. The number of hydrogen-bond donors (Lipinski definition) is 0. The fourth-order valence-corrected chi connectivity index (χ4v) is 3.65. The van der Waals surface area contributed by atoms with Gasteiger partial charge in [-0.15, -0.1) is 0 Å². The zero-order valence-corrected chi connectivity index (χ0v) is 17.4. The molecule has 1 aliphatic heterocycles. The second kappa shape index (κ2) is 8.29. The van der Waals surface area contributed by atoms with E-state index in [9.17, 15) is 4.79 Å². The number of benzene rings is 2. The van der Waals surface area contributed by atoms with Gasteiger partial charge >= 0.3 is 0 Å². The van der Waals surface area contributed by atoms with Crippen molar-refractivity contribution >= 4 is 32.7 Å². The number of carbonyl (C=O) groups is 1. The molecule has 0 atom stereocenters. The number of halogens is 1. The highest BCUT2D eigenvalue weighted by Gasteiger charge is 2.20. The fourth-order valence-electron chi connectivity index (χ4n) is 3.27. The molecule has 0 N–H and O–H groups in total. The zero-order chi connectivity index (χ0) is 19.5. The molecule has 1 fully saturated rings. The molecule has 4 rings (SSSR count). The van der Waals surface area contributed by atoms with Crippen molar-refractivity contribution < 1.29 is 9.53 Å². The topological polar surface area (TPSA) is 45.7 Å². The van der Waals surface area contributed by atoms with Crippen LogP contribution >= 0.6 is 15.9 Å². The summed E-state index contributed by atoms with van der Waals surface area (Å²) in [6.07, 6.45) is 0. The summed E-state index contributed by atoms with van der Waals surface area (Å²) in [4.78, 5) is 20.4. The molecule has 0 bridgehead atoms. The Kier molecular flexibility index (Phi) is 5.59. The van der Waals surface area contributed by atoms with Gasteiger partial charge in [-0.05, 0) is 48.5 Å². The largest absolute Gasteiger partial charge is 0.492 e. The number of amides is 1. The van der Waals surface area contributed by atoms with Gasteiger partial charge in [-0.25, -0.2) is 4.98 Å². The first kappa shape index (κ1) is 18.9. The number of aromatic nitrogens is 1. The molecule has 3 aromatic rings. The number of likely N-dealkylation sites (N-methyl/N-ethyl adjacent to an activating group) is 1. The molecular weight excluding hydrogens is 418 g/mol. The van der Waals surface area contributed by atoms with E-state index >= 15 is 0 Å². The molecule has 0 saturated carbocycles. The van der Waals surface area contributed by atoms with E-state index in [0.717, 1.165) is 52.0 Å². The van der Waals surface area contributed by atoms with Gasteiger partial charge in [0, 0.05) is 42.1 Å². The van der Waals surface area contributed by atoms with Crippen LogP contribution < -0.4 is 4.74 Å². The van der Waals surface area contributed by atoms with Crippen molar-refractivity contribution in [1.29, 1.82) is 0 Å². The lowest BCUT2D eigenvalue weighted by Crippen LogP contribution is -2.49. The molecule has 1 aliphatic rings. The predicted molar refractivity (Wildman–Crippen MR) is 114 cm³/mol. The van der Waals surface area contributed by atoms with Crippen LogP contribution in [-0.2, 0) is 4.79 Å². The van der Waals surface area contributed by atoms with Crippen LogP contribution in [0.25, 0.3) is 22.2 Å².